The lowest BCUT2D eigenvalue weighted by atomic mass is 9.68. The van der Waals surface area contributed by atoms with Crippen molar-refractivity contribution in [1.29, 1.82) is 0 Å². The lowest BCUT2D eigenvalue weighted by molar-refractivity contribution is -0.134. The van der Waals surface area contributed by atoms with Crippen molar-refractivity contribution in [3.8, 4) is 5.75 Å². The molecule has 2 amide bonds. The molecule has 1 aromatic rings. The van der Waals surface area contributed by atoms with Crippen LogP contribution in [-0.2, 0) is 9.59 Å². The molecule has 3 rings (SSSR count). The van der Waals surface area contributed by atoms with E-state index in [1.54, 1.807) is 12.1 Å². The van der Waals surface area contributed by atoms with E-state index in [0.29, 0.717) is 21.7 Å². The van der Waals surface area contributed by atoms with Gasteiger partial charge in [0.05, 0.1) is 10.4 Å². The third-order valence-electron chi connectivity index (χ3n) is 5.89. The molecule has 2 bridgehead atoms. The summed E-state index contributed by atoms with van der Waals surface area (Å²) in [5.41, 5.74) is 5.28. The fourth-order valence-corrected chi connectivity index (χ4v) is 4.62. The van der Waals surface area contributed by atoms with E-state index in [-0.39, 0.29) is 17.9 Å². The largest absolute Gasteiger partial charge is 0.482 e. The molecule has 0 aliphatic heterocycles. The van der Waals surface area contributed by atoms with Gasteiger partial charge >= 0.3 is 0 Å². The van der Waals surface area contributed by atoms with E-state index in [4.69, 9.17) is 27.9 Å². The maximum Gasteiger partial charge on any atom is 0.276 e. The highest BCUT2D eigenvalue weighted by Crippen LogP contribution is 2.65. The number of hydrazine groups is 1. The second-order valence-corrected chi connectivity index (χ2v) is 8.43. The fraction of sp³-hybridized carbons (Fsp3) is 0.474. The zero-order chi connectivity index (χ0) is 19.1. The topological polar surface area (TPSA) is 67.4 Å². The van der Waals surface area contributed by atoms with Crippen LogP contribution in [0.4, 0.5) is 0 Å². The van der Waals surface area contributed by atoms with Gasteiger partial charge in [-0.05, 0) is 48.8 Å². The van der Waals surface area contributed by atoms with Crippen LogP contribution in [0, 0.1) is 16.7 Å². The maximum atomic E-state index is 12.7. The first-order valence-corrected chi connectivity index (χ1v) is 9.29. The van der Waals surface area contributed by atoms with Gasteiger partial charge in [-0.1, -0.05) is 49.2 Å². The van der Waals surface area contributed by atoms with Crippen molar-refractivity contribution in [2.45, 2.75) is 33.1 Å². The van der Waals surface area contributed by atoms with Crippen LogP contribution in [0.15, 0.2) is 30.4 Å². The van der Waals surface area contributed by atoms with Crippen molar-refractivity contribution in [3.05, 3.63) is 40.4 Å². The van der Waals surface area contributed by atoms with E-state index in [1.807, 2.05) is 0 Å². The quantitative estimate of drug-likeness (QED) is 0.598. The summed E-state index contributed by atoms with van der Waals surface area (Å²) in [5, 5.41) is 0.794. The minimum Gasteiger partial charge on any atom is -0.482 e. The predicted octanol–water partition coefficient (Wildman–Crippen LogP) is 3.90. The number of fused-ring (bicyclic) bond motifs is 2. The Morgan fingerprint density at radius 1 is 1.31 bits per heavy atom. The Morgan fingerprint density at radius 2 is 2.04 bits per heavy atom. The summed E-state index contributed by atoms with van der Waals surface area (Å²) in [6.07, 6.45) is 2.57. The lowest BCUT2D eigenvalue weighted by Gasteiger charge is -2.37. The predicted molar refractivity (Wildman–Crippen MR) is 101 cm³/mol. The molecular formula is C19H22Cl2N2O3. The van der Waals surface area contributed by atoms with Crippen LogP contribution in [0.3, 0.4) is 0 Å². The number of carbonyl (C=O) groups is 2. The highest BCUT2D eigenvalue weighted by Gasteiger charge is 2.60. The molecule has 0 spiro atoms. The van der Waals surface area contributed by atoms with Gasteiger partial charge in [0, 0.05) is 5.02 Å². The Hall–Kier alpha value is -1.72. The van der Waals surface area contributed by atoms with Crippen LogP contribution in [0.1, 0.15) is 33.1 Å². The van der Waals surface area contributed by atoms with E-state index in [1.165, 1.54) is 6.07 Å². The van der Waals surface area contributed by atoms with Gasteiger partial charge in [0.25, 0.3) is 5.91 Å². The number of amides is 2. The van der Waals surface area contributed by atoms with E-state index in [2.05, 4.69) is 31.3 Å². The van der Waals surface area contributed by atoms with Crippen LogP contribution >= 0.6 is 23.2 Å². The van der Waals surface area contributed by atoms with Crippen LogP contribution in [-0.4, -0.2) is 18.4 Å². The number of rotatable bonds is 4. The molecule has 0 radical (unpaired) electrons. The molecule has 2 N–H and O–H groups in total. The molecule has 5 nitrogen and oxygen atoms in total. The number of halogens is 2. The van der Waals surface area contributed by atoms with Crippen LogP contribution in [0.25, 0.3) is 0 Å². The number of ether oxygens (including phenoxy) is 1. The zero-order valence-electron chi connectivity index (χ0n) is 14.8. The third kappa shape index (κ3) is 3.19. The monoisotopic (exact) mass is 396 g/mol. The minimum atomic E-state index is -0.582. The second-order valence-electron chi connectivity index (χ2n) is 7.59. The van der Waals surface area contributed by atoms with Gasteiger partial charge in [-0.2, -0.15) is 0 Å². The highest BCUT2D eigenvalue weighted by atomic mass is 35.5. The Balaban J connectivity index is 1.53. The molecule has 0 heterocycles. The smallest absolute Gasteiger partial charge is 0.276 e. The first kappa shape index (κ1) is 19.1. The molecule has 1 aromatic carbocycles. The molecule has 2 saturated carbocycles. The number of hydrogen-bond acceptors (Lipinski definition) is 3. The highest BCUT2D eigenvalue weighted by molar-refractivity contribution is 6.35. The van der Waals surface area contributed by atoms with E-state index < -0.39 is 11.3 Å². The molecule has 2 atom stereocenters. The number of benzene rings is 1. The SMILES string of the molecule is C=C1C2(C(=O)NNC(=O)COc3ccc(Cl)cc3Cl)CCC(C2)C1(C)C. The number of carbonyl (C=O) groups excluding carboxylic acids is 2. The van der Waals surface area contributed by atoms with Crippen LogP contribution < -0.4 is 15.6 Å². The molecule has 26 heavy (non-hydrogen) atoms. The number of nitrogens with one attached hydrogen (secondary N) is 2. The van der Waals surface area contributed by atoms with Gasteiger partial charge in [0.2, 0.25) is 5.91 Å². The summed E-state index contributed by atoms with van der Waals surface area (Å²) >= 11 is 11.8. The van der Waals surface area contributed by atoms with Gasteiger partial charge in [-0.15, -0.1) is 0 Å². The van der Waals surface area contributed by atoms with Crippen molar-refractivity contribution < 1.29 is 14.3 Å². The summed E-state index contributed by atoms with van der Waals surface area (Å²) in [4.78, 5) is 24.7. The number of hydrogen-bond donors (Lipinski definition) is 2. The van der Waals surface area contributed by atoms with Crippen molar-refractivity contribution >= 4 is 35.0 Å². The lowest BCUT2D eigenvalue weighted by Crippen LogP contribution is -2.50. The van der Waals surface area contributed by atoms with Crippen molar-refractivity contribution in [1.82, 2.24) is 10.9 Å². The van der Waals surface area contributed by atoms with Crippen molar-refractivity contribution in [2.24, 2.45) is 16.7 Å². The maximum absolute atomic E-state index is 12.7. The van der Waals surface area contributed by atoms with Gasteiger partial charge in [0.15, 0.2) is 6.61 Å². The molecular weight excluding hydrogens is 375 g/mol. The Bertz CT molecular complexity index is 778. The first-order valence-electron chi connectivity index (χ1n) is 8.54. The molecule has 0 aromatic heterocycles. The normalized spacial score (nSPS) is 25.8. The average Bonchev–Trinajstić information content (AvgIpc) is 3.11. The second kappa shape index (κ2) is 6.78. The van der Waals surface area contributed by atoms with E-state index in [9.17, 15) is 9.59 Å². The summed E-state index contributed by atoms with van der Waals surface area (Å²) < 4.78 is 5.35. The molecule has 7 heteroatoms. The first-order chi connectivity index (χ1) is 12.2. The zero-order valence-corrected chi connectivity index (χ0v) is 16.3. The minimum absolute atomic E-state index is 0.0476. The molecule has 2 aliphatic carbocycles. The van der Waals surface area contributed by atoms with Crippen LogP contribution in [0.5, 0.6) is 5.75 Å². The molecule has 0 saturated heterocycles. The average molecular weight is 397 g/mol. The summed E-state index contributed by atoms with van der Waals surface area (Å²) in [7, 11) is 0. The third-order valence-corrected chi connectivity index (χ3v) is 6.42. The summed E-state index contributed by atoms with van der Waals surface area (Å²) in [5.74, 6) is 0.138. The van der Waals surface area contributed by atoms with Crippen LogP contribution in [0.2, 0.25) is 10.0 Å². The molecule has 2 aliphatic rings. The van der Waals surface area contributed by atoms with E-state index >= 15 is 0 Å². The van der Waals surface area contributed by atoms with E-state index in [0.717, 1.165) is 24.8 Å². The molecule has 140 valence electrons. The Labute approximate surface area is 163 Å². The standard InChI is InChI=1S/C19H22Cl2N2O3/c1-11-18(2,3)12-6-7-19(11,9-12)17(25)23-22-16(24)10-26-15-5-4-13(20)8-14(15)21/h4-5,8,12H,1,6-7,9-10H2,2-3H3,(H,22,24)(H,23,25). The summed E-state index contributed by atoms with van der Waals surface area (Å²) in [6, 6.07) is 4.73. The Kier molecular flexibility index (Phi) is 4.97. The molecule has 2 unspecified atom stereocenters. The van der Waals surface area contributed by atoms with Gasteiger partial charge < -0.3 is 4.74 Å². The van der Waals surface area contributed by atoms with Gasteiger partial charge in [0.1, 0.15) is 5.75 Å². The van der Waals surface area contributed by atoms with Crippen molar-refractivity contribution in [2.75, 3.05) is 6.61 Å². The molecule has 2 fully saturated rings. The fourth-order valence-electron chi connectivity index (χ4n) is 4.16. The van der Waals surface area contributed by atoms with Crippen molar-refractivity contribution in [3.63, 3.8) is 0 Å². The van der Waals surface area contributed by atoms with Gasteiger partial charge in [-0.25, -0.2) is 0 Å². The Morgan fingerprint density at radius 3 is 2.65 bits per heavy atom. The summed E-state index contributed by atoms with van der Waals surface area (Å²) in [6.45, 7) is 8.18. The van der Waals surface area contributed by atoms with Gasteiger partial charge in [-0.3, -0.25) is 20.4 Å².